The third kappa shape index (κ3) is 3.06. The Kier molecular flexibility index (Phi) is 4.31. The number of hydrogen-bond acceptors (Lipinski definition) is 6. The number of fused-ring (bicyclic) bond motifs is 3. The van der Waals surface area contributed by atoms with Crippen molar-refractivity contribution in [3.05, 3.63) is 83.7 Å². The number of hydrazone groups is 1. The van der Waals surface area contributed by atoms with E-state index in [1.165, 1.54) is 0 Å². The van der Waals surface area contributed by atoms with Crippen LogP contribution in [0.15, 0.2) is 72.1 Å². The molecule has 3 aromatic rings. The molecule has 29 heavy (non-hydrogen) atoms. The summed E-state index contributed by atoms with van der Waals surface area (Å²) < 4.78 is 17.1. The van der Waals surface area contributed by atoms with Crippen LogP contribution in [0.1, 0.15) is 35.4 Å². The van der Waals surface area contributed by atoms with Crippen LogP contribution >= 0.6 is 0 Å². The van der Waals surface area contributed by atoms with E-state index in [0.29, 0.717) is 0 Å². The zero-order valence-electron chi connectivity index (χ0n) is 16.3. The van der Waals surface area contributed by atoms with E-state index in [4.69, 9.17) is 19.3 Å². The predicted octanol–water partition coefficient (Wildman–Crippen LogP) is 4.34. The van der Waals surface area contributed by atoms with Gasteiger partial charge in [0.25, 0.3) is 0 Å². The normalized spacial score (nSPS) is 19.7. The zero-order valence-corrected chi connectivity index (χ0v) is 16.3. The molecule has 146 valence electrons. The summed E-state index contributed by atoms with van der Waals surface area (Å²) in [4.78, 5) is 4.26. The molecule has 0 N–H and O–H groups in total. The number of methoxy groups -OCH3 is 2. The lowest BCUT2D eigenvalue weighted by Crippen LogP contribution is -2.33. The van der Waals surface area contributed by atoms with Crippen molar-refractivity contribution < 1.29 is 14.2 Å². The Balaban J connectivity index is 1.57. The molecule has 1 aromatic heterocycles. The molecule has 2 aromatic carbocycles. The Morgan fingerprint density at radius 1 is 1.00 bits per heavy atom. The van der Waals surface area contributed by atoms with Gasteiger partial charge in [-0.2, -0.15) is 5.10 Å². The monoisotopic (exact) mass is 387 g/mol. The first-order valence-corrected chi connectivity index (χ1v) is 9.51. The fraction of sp³-hybridized carbons (Fsp3) is 0.217. The average Bonchev–Trinajstić information content (AvgIpc) is 3.24. The number of hydrogen-bond donors (Lipinski definition) is 0. The molecule has 0 saturated carbocycles. The highest BCUT2D eigenvalue weighted by Crippen LogP contribution is 2.48. The van der Waals surface area contributed by atoms with Crippen LogP contribution in [0.2, 0.25) is 0 Å². The van der Waals surface area contributed by atoms with E-state index in [9.17, 15) is 0 Å². The van der Waals surface area contributed by atoms with Crippen molar-refractivity contribution >= 4 is 5.71 Å². The minimum Gasteiger partial charge on any atom is -0.497 e. The molecule has 5 rings (SSSR count). The quantitative estimate of drug-likeness (QED) is 0.667. The summed E-state index contributed by atoms with van der Waals surface area (Å²) in [5.74, 6) is 2.49. The number of pyridine rings is 1. The Morgan fingerprint density at radius 3 is 2.52 bits per heavy atom. The van der Waals surface area contributed by atoms with Crippen LogP contribution in [0.3, 0.4) is 0 Å². The average molecular weight is 387 g/mol. The summed E-state index contributed by atoms with van der Waals surface area (Å²) in [5.41, 5.74) is 4.15. The number of rotatable bonds is 4. The second-order valence-electron chi connectivity index (χ2n) is 7.04. The maximum absolute atomic E-state index is 6.36. The van der Waals surface area contributed by atoms with E-state index >= 15 is 0 Å². The molecule has 0 amide bonds. The minimum atomic E-state index is -0.328. The molecule has 6 nitrogen and oxygen atoms in total. The van der Waals surface area contributed by atoms with Crippen LogP contribution in [-0.4, -0.2) is 29.9 Å². The highest BCUT2D eigenvalue weighted by Gasteiger charge is 2.41. The van der Waals surface area contributed by atoms with Crippen molar-refractivity contribution in [1.29, 1.82) is 0 Å². The third-order valence-electron chi connectivity index (χ3n) is 5.39. The highest BCUT2D eigenvalue weighted by atomic mass is 16.5. The van der Waals surface area contributed by atoms with Crippen LogP contribution < -0.4 is 14.2 Å². The molecule has 6 heteroatoms. The van der Waals surface area contributed by atoms with E-state index in [1.807, 2.05) is 65.8 Å². The Morgan fingerprint density at radius 2 is 1.79 bits per heavy atom. The molecule has 0 aliphatic carbocycles. The van der Waals surface area contributed by atoms with Crippen molar-refractivity contribution in [3.8, 4) is 17.2 Å². The summed E-state index contributed by atoms with van der Waals surface area (Å²) in [6.07, 6.45) is 4.05. The summed E-state index contributed by atoms with van der Waals surface area (Å²) in [6, 6.07) is 17.9. The Bertz CT molecular complexity index is 1050. The van der Waals surface area contributed by atoms with Crippen molar-refractivity contribution in [2.24, 2.45) is 5.10 Å². The van der Waals surface area contributed by atoms with Gasteiger partial charge in [0.2, 0.25) is 6.23 Å². The molecule has 0 spiro atoms. The lowest BCUT2D eigenvalue weighted by atomic mass is 9.95. The van der Waals surface area contributed by atoms with Crippen LogP contribution in [0, 0.1) is 0 Å². The van der Waals surface area contributed by atoms with E-state index < -0.39 is 0 Å². The van der Waals surface area contributed by atoms with Gasteiger partial charge < -0.3 is 14.2 Å². The summed E-state index contributed by atoms with van der Waals surface area (Å²) >= 11 is 0. The summed E-state index contributed by atoms with van der Waals surface area (Å²) in [7, 11) is 3.35. The topological polar surface area (TPSA) is 56.2 Å². The predicted molar refractivity (Wildman–Crippen MR) is 109 cm³/mol. The highest BCUT2D eigenvalue weighted by molar-refractivity contribution is 6.02. The molecule has 0 radical (unpaired) electrons. The number of aromatic nitrogens is 1. The standard InChI is InChI=1S/C23H21N3O3/c1-27-17-7-5-15(6-8-17)20-13-21-19-12-18(28-2)9-10-22(19)29-23(26(21)25-20)16-4-3-11-24-14-16/h3-12,14,21,23H,13H2,1-2H3. The zero-order chi connectivity index (χ0) is 19.8. The van der Waals surface area contributed by atoms with Gasteiger partial charge in [0.05, 0.1) is 26.0 Å². The molecule has 2 atom stereocenters. The van der Waals surface area contributed by atoms with Crippen molar-refractivity contribution in [3.63, 3.8) is 0 Å². The molecular formula is C23H21N3O3. The van der Waals surface area contributed by atoms with Gasteiger partial charge in [-0.15, -0.1) is 0 Å². The fourth-order valence-corrected chi connectivity index (χ4v) is 3.89. The van der Waals surface area contributed by atoms with Gasteiger partial charge in [0.15, 0.2) is 0 Å². The van der Waals surface area contributed by atoms with Gasteiger partial charge in [-0.05, 0) is 54.1 Å². The van der Waals surface area contributed by atoms with E-state index in [2.05, 4.69) is 4.98 Å². The molecule has 0 saturated heterocycles. The molecule has 0 bridgehead atoms. The third-order valence-corrected chi connectivity index (χ3v) is 5.39. The van der Waals surface area contributed by atoms with Crippen molar-refractivity contribution in [2.75, 3.05) is 14.2 Å². The maximum atomic E-state index is 6.36. The molecule has 2 aliphatic heterocycles. The summed E-state index contributed by atoms with van der Waals surface area (Å²) in [5, 5.41) is 7.00. The second kappa shape index (κ2) is 7.13. The minimum absolute atomic E-state index is 0.0659. The fourth-order valence-electron chi connectivity index (χ4n) is 3.89. The van der Waals surface area contributed by atoms with E-state index in [1.54, 1.807) is 20.4 Å². The van der Waals surface area contributed by atoms with Gasteiger partial charge in [-0.3, -0.25) is 4.98 Å². The first-order chi connectivity index (χ1) is 14.3. The number of ether oxygens (including phenoxy) is 3. The van der Waals surface area contributed by atoms with Gasteiger partial charge in [0, 0.05) is 29.9 Å². The second-order valence-corrected chi connectivity index (χ2v) is 7.04. The SMILES string of the molecule is COc1ccc(C2=NN3C(C2)c2cc(OC)ccc2OC3c2cccnc2)cc1. The van der Waals surface area contributed by atoms with Gasteiger partial charge >= 0.3 is 0 Å². The van der Waals surface area contributed by atoms with Crippen LogP contribution in [0.25, 0.3) is 0 Å². The molecule has 2 aliphatic rings. The van der Waals surface area contributed by atoms with Crippen molar-refractivity contribution in [1.82, 2.24) is 9.99 Å². The first kappa shape index (κ1) is 17.6. The molecule has 2 unspecified atom stereocenters. The lowest BCUT2D eigenvalue weighted by Gasteiger charge is -2.38. The first-order valence-electron chi connectivity index (χ1n) is 9.51. The molecule has 0 fully saturated rings. The number of nitrogens with zero attached hydrogens (tertiary/aromatic N) is 3. The van der Waals surface area contributed by atoms with E-state index in [-0.39, 0.29) is 12.3 Å². The lowest BCUT2D eigenvalue weighted by molar-refractivity contribution is -0.0193. The van der Waals surface area contributed by atoms with Crippen LogP contribution in [0.4, 0.5) is 0 Å². The Hall–Kier alpha value is -3.54. The molecule has 3 heterocycles. The van der Waals surface area contributed by atoms with Crippen LogP contribution in [0.5, 0.6) is 17.2 Å². The van der Waals surface area contributed by atoms with Gasteiger partial charge in [-0.25, -0.2) is 5.01 Å². The maximum Gasteiger partial charge on any atom is 0.215 e. The smallest absolute Gasteiger partial charge is 0.215 e. The Labute approximate surface area is 169 Å². The van der Waals surface area contributed by atoms with Gasteiger partial charge in [0.1, 0.15) is 17.2 Å². The largest absolute Gasteiger partial charge is 0.497 e. The van der Waals surface area contributed by atoms with Gasteiger partial charge in [-0.1, -0.05) is 6.07 Å². The van der Waals surface area contributed by atoms with E-state index in [0.717, 1.165) is 46.1 Å². The summed E-state index contributed by atoms with van der Waals surface area (Å²) in [6.45, 7) is 0. The number of benzene rings is 2. The van der Waals surface area contributed by atoms with Crippen molar-refractivity contribution in [2.45, 2.75) is 18.7 Å². The van der Waals surface area contributed by atoms with Crippen LogP contribution in [-0.2, 0) is 0 Å². The molecular weight excluding hydrogens is 366 g/mol.